The van der Waals surface area contributed by atoms with Crippen LogP contribution in [0.25, 0.3) is 10.9 Å². The van der Waals surface area contributed by atoms with E-state index in [-0.39, 0.29) is 11.7 Å². The molecule has 0 bridgehead atoms. The van der Waals surface area contributed by atoms with Crippen molar-refractivity contribution in [2.24, 2.45) is 5.92 Å². The maximum absolute atomic E-state index is 12.3. The van der Waals surface area contributed by atoms with Gasteiger partial charge in [0.15, 0.2) is 5.78 Å². The van der Waals surface area contributed by atoms with E-state index >= 15 is 0 Å². The average Bonchev–Trinajstić information content (AvgIpc) is 3.11. The summed E-state index contributed by atoms with van der Waals surface area (Å²) in [4.78, 5) is 12.3. The third-order valence-corrected chi connectivity index (χ3v) is 4.39. The number of benzene rings is 1. The molecule has 0 radical (unpaired) electrons. The summed E-state index contributed by atoms with van der Waals surface area (Å²) in [6.45, 7) is 8.42. The highest BCUT2D eigenvalue weighted by Crippen LogP contribution is 2.36. The number of aromatic amines is 1. The summed E-state index contributed by atoms with van der Waals surface area (Å²) in [6.07, 6.45) is 2.05. The number of hydrogen-bond acceptors (Lipinski definition) is 2. The molecule has 1 heterocycles. The van der Waals surface area contributed by atoms with Gasteiger partial charge in [-0.05, 0) is 62.8 Å². The summed E-state index contributed by atoms with van der Waals surface area (Å²) in [5, 5.41) is 8.38. The zero-order chi connectivity index (χ0) is 13.0. The number of rotatable bonds is 2. The summed E-state index contributed by atoms with van der Waals surface area (Å²) in [7, 11) is 0. The van der Waals surface area contributed by atoms with Gasteiger partial charge in [-0.2, -0.15) is 5.10 Å². The van der Waals surface area contributed by atoms with Gasteiger partial charge in [0.05, 0.1) is 5.52 Å². The lowest BCUT2D eigenvalue weighted by atomic mass is 9.93. The maximum Gasteiger partial charge on any atom is 0.186 e. The van der Waals surface area contributed by atoms with E-state index in [1.165, 1.54) is 22.3 Å². The molecule has 2 aromatic rings. The Balaban J connectivity index is 2.33. The Morgan fingerprint density at radius 2 is 1.67 bits per heavy atom. The molecule has 0 aliphatic heterocycles. The van der Waals surface area contributed by atoms with Crippen LogP contribution in [0.15, 0.2) is 0 Å². The van der Waals surface area contributed by atoms with Crippen molar-refractivity contribution in [1.29, 1.82) is 0 Å². The van der Waals surface area contributed by atoms with Crippen molar-refractivity contribution in [3.63, 3.8) is 0 Å². The SMILES string of the molecule is Cc1c(C)c(C)c2c(C(=O)C3CC3)n[nH]c2c1C. The fourth-order valence-electron chi connectivity index (χ4n) is 2.63. The Labute approximate surface area is 107 Å². The summed E-state index contributed by atoms with van der Waals surface area (Å²) in [6, 6.07) is 0. The van der Waals surface area contributed by atoms with Gasteiger partial charge in [-0.3, -0.25) is 9.89 Å². The highest BCUT2D eigenvalue weighted by Gasteiger charge is 2.33. The molecule has 0 spiro atoms. The smallest absolute Gasteiger partial charge is 0.186 e. The molecule has 18 heavy (non-hydrogen) atoms. The molecule has 3 rings (SSSR count). The molecule has 1 aromatic heterocycles. The fourth-order valence-corrected chi connectivity index (χ4v) is 2.63. The van der Waals surface area contributed by atoms with Gasteiger partial charge in [0.25, 0.3) is 0 Å². The van der Waals surface area contributed by atoms with Crippen LogP contribution in [0.5, 0.6) is 0 Å². The maximum atomic E-state index is 12.3. The molecule has 0 atom stereocenters. The van der Waals surface area contributed by atoms with Crippen LogP contribution in [0.3, 0.4) is 0 Å². The molecule has 1 aliphatic carbocycles. The third kappa shape index (κ3) is 1.43. The van der Waals surface area contributed by atoms with Gasteiger partial charge in [-0.25, -0.2) is 0 Å². The van der Waals surface area contributed by atoms with Crippen LogP contribution < -0.4 is 0 Å². The highest BCUT2D eigenvalue weighted by atomic mass is 16.1. The first kappa shape index (κ1) is 11.5. The Bertz CT molecular complexity index is 663. The standard InChI is InChI=1S/C15H18N2O/c1-7-8(2)10(4)13-12(9(7)3)14(17-16-13)15(18)11-5-6-11/h11H,5-6H2,1-4H3,(H,16,17). The number of nitrogens with one attached hydrogen (secondary N) is 1. The van der Waals surface area contributed by atoms with Gasteiger partial charge in [0, 0.05) is 11.3 Å². The van der Waals surface area contributed by atoms with Crippen LogP contribution in [-0.2, 0) is 0 Å². The normalized spacial score (nSPS) is 15.3. The molecule has 1 N–H and O–H groups in total. The first-order valence-electron chi connectivity index (χ1n) is 6.51. The summed E-state index contributed by atoms with van der Waals surface area (Å²) < 4.78 is 0. The molecule has 3 nitrogen and oxygen atoms in total. The van der Waals surface area contributed by atoms with E-state index in [0.29, 0.717) is 5.69 Å². The number of carbonyl (C=O) groups is 1. The molecule has 0 saturated heterocycles. The van der Waals surface area contributed by atoms with E-state index in [4.69, 9.17) is 0 Å². The van der Waals surface area contributed by atoms with Crippen LogP contribution in [0, 0.1) is 33.6 Å². The zero-order valence-electron chi connectivity index (χ0n) is 11.3. The van der Waals surface area contributed by atoms with E-state index in [1.54, 1.807) is 0 Å². The summed E-state index contributed by atoms with van der Waals surface area (Å²) in [5.74, 6) is 0.435. The number of hydrogen-bond donors (Lipinski definition) is 1. The van der Waals surface area contributed by atoms with E-state index in [9.17, 15) is 4.79 Å². The molecule has 94 valence electrons. The van der Waals surface area contributed by atoms with Crippen molar-refractivity contribution < 1.29 is 4.79 Å². The first-order valence-corrected chi connectivity index (χ1v) is 6.51. The summed E-state index contributed by atoms with van der Waals surface area (Å²) in [5.41, 5.74) is 6.62. The number of carbonyl (C=O) groups excluding carboxylic acids is 1. The number of nitrogens with zero attached hydrogens (tertiary/aromatic N) is 1. The second kappa shape index (κ2) is 3.67. The number of ketones is 1. The molecular formula is C15H18N2O. The van der Waals surface area contributed by atoms with E-state index < -0.39 is 0 Å². The van der Waals surface area contributed by atoms with Crippen molar-refractivity contribution >= 4 is 16.7 Å². The second-order valence-electron chi connectivity index (χ2n) is 5.46. The van der Waals surface area contributed by atoms with E-state index in [0.717, 1.165) is 23.7 Å². The van der Waals surface area contributed by atoms with E-state index in [1.807, 2.05) is 0 Å². The molecule has 0 unspecified atom stereocenters. The highest BCUT2D eigenvalue weighted by molar-refractivity contribution is 6.09. The fraction of sp³-hybridized carbons (Fsp3) is 0.467. The molecule has 1 fully saturated rings. The van der Waals surface area contributed by atoms with Crippen LogP contribution in [0.2, 0.25) is 0 Å². The van der Waals surface area contributed by atoms with Gasteiger partial charge < -0.3 is 0 Å². The molecule has 1 aliphatic rings. The first-order chi connectivity index (χ1) is 8.52. The molecule has 1 saturated carbocycles. The zero-order valence-corrected chi connectivity index (χ0v) is 11.3. The quantitative estimate of drug-likeness (QED) is 0.820. The van der Waals surface area contributed by atoms with Crippen molar-refractivity contribution in [2.45, 2.75) is 40.5 Å². The minimum atomic E-state index is 0.215. The lowest BCUT2D eigenvalue weighted by molar-refractivity contribution is 0.0964. The topological polar surface area (TPSA) is 45.8 Å². The largest absolute Gasteiger partial charge is 0.292 e. The van der Waals surface area contributed by atoms with Gasteiger partial charge in [-0.15, -0.1) is 0 Å². The minimum Gasteiger partial charge on any atom is -0.292 e. The van der Waals surface area contributed by atoms with Crippen molar-refractivity contribution in [2.75, 3.05) is 0 Å². The number of fused-ring (bicyclic) bond motifs is 1. The Morgan fingerprint density at radius 3 is 2.28 bits per heavy atom. The van der Waals surface area contributed by atoms with Crippen LogP contribution in [0.4, 0.5) is 0 Å². The average molecular weight is 242 g/mol. The number of Topliss-reactive ketones (excluding diaryl/α,β-unsaturated/α-hetero) is 1. The van der Waals surface area contributed by atoms with Gasteiger partial charge in [0.2, 0.25) is 0 Å². The molecule has 3 heteroatoms. The molecule has 0 amide bonds. The summed E-state index contributed by atoms with van der Waals surface area (Å²) >= 11 is 0. The van der Waals surface area contributed by atoms with Gasteiger partial charge in [-0.1, -0.05) is 0 Å². The number of aromatic nitrogens is 2. The van der Waals surface area contributed by atoms with Crippen LogP contribution in [-0.4, -0.2) is 16.0 Å². The van der Waals surface area contributed by atoms with E-state index in [2.05, 4.69) is 37.9 Å². The van der Waals surface area contributed by atoms with Crippen LogP contribution in [0.1, 0.15) is 45.6 Å². The lowest BCUT2D eigenvalue weighted by Gasteiger charge is -2.10. The predicted molar refractivity (Wildman–Crippen MR) is 72.1 cm³/mol. The molecular weight excluding hydrogens is 224 g/mol. The minimum absolute atomic E-state index is 0.215. The Morgan fingerprint density at radius 1 is 1.06 bits per heavy atom. The lowest BCUT2D eigenvalue weighted by Crippen LogP contribution is -2.03. The van der Waals surface area contributed by atoms with Gasteiger partial charge in [0.1, 0.15) is 5.69 Å². The second-order valence-corrected chi connectivity index (χ2v) is 5.46. The molecule has 1 aromatic carbocycles. The Kier molecular flexibility index (Phi) is 2.34. The number of aryl methyl sites for hydroxylation is 2. The number of H-pyrrole nitrogens is 1. The van der Waals surface area contributed by atoms with Crippen molar-refractivity contribution in [3.8, 4) is 0 Å². The van der Waals surface area contributed by atoms with Crippen molar-refractivity contribution in [3.05, 3.63) is 27.9 Å². The predicted octanol–water partition coefficient (Wildman–Crippen LogP) is 3.39. The Hall–Kier alpha value is -1.64. The van der Waals surface area contributed by atoms with Gasteiger partial charge >= 0.3 is 0 Å². The monoisotopic (exact) mass is 242 g/mol. The van der Waals surface area contributed by atoms with Crippen LogP contribution >= 0.6 is 0 Å². The third-order valence-electron chi connectivity index (χ3n) is 4.39. The van der Waals surface area contributed by atoms with Crippen molar-refractivity contribution in [1.82, 2.24) is 10.2 Å².